The number of nitrogens with zero attached hydrogens (tertiary/aromatic N) is 3. The zero-order valence-corrected chi connectivity index (χ0v) is 14.7. The van der Waals surface area contributed by atoms with Gasteiger partial charge in [-0.1, -0.05) is 27.7 Å². The van der Waals surface area contributed by atoms with Gasteiger partial charge < -0.3 is 16.2 Å². The van der Waals surface area contributed by atoms with Gasteiger partial charge in [0.05, 0.1) is 0 Å². The van der Waals surface area contributed by atoms with Crippen LogP contribution in [0, 0.1) is 43.4 Å². The van der Waals surface area contributed by atoms with Gasteiger partial charge in [-0.2, -0.15) is 0 Å². The molecule has 1 saturated carbocycles. The molecule has 116 valence electrons. The van der Waals surface area contributed by atoms with E-state index in [0.717, 1.165) is 6.08 Å². The summed E-state index contributed by atoms with van der Waals surface area (Å²) in [4.78, 5) is 11.5. The molecule has 0 aromatic carbocycles. The van der Waals surface area contributed by atoms with Crippen molar-refractivity contribution in [2.24, 2.45) is 5.92 Å². The predicted molar refractivity (Wildman–Crippen MR) is 78.7 cm³/mol. The van der Waals surface area contributed by atoms with Crippen molar-refractivity contribution in [2.75, 3.05) is 0 Å². The third-order valence-corrected chi connectivity index (χ3v) is 2.15. The van der Waals surface area contributed by atoms with E-state index in [1.165, 1.54) is 30.6 Å². The minimum absolute atomic E-state index is 0. The molecule has 1 aliphatic rings. The molecule has 1 fully saturated rings. The second-order valence-electron chi connectivity index (χ2n) is 4.52. The Morgan fingerprint density at radius 2 is 1.57 bits per heavy atom. The smallest absolute Gasteiger partial charge is 0.876 e. The van der Waals surface area contributed by atoms with Gasteiger partial charge in [-0.3, -0.25) is 9.71 Å². The fraction of sp³-hybridized carbons (Fsp3) is 0.400. The summed E-state index contributed by atoms with van der Waals surface area (Å²) < 4.78 is 0. The van der Waals surface area contributed by atoms with Crippen LogP contribution in [0.2, 0.25) is 0 Å². The van der Waals surface area contributed by atoms with Crippen molar-refractivity contribution in [1.82, 2.24) is 0 Å². The Morgan fingerprint density at radius 1 is 1.19 bits per heavy atom. The van der Waals surface area contributed by atoms with Crippen molar-refractivity contribution < 1.29 is 29.4 Å². The zero-order chi connectivity index (χ0) is 16.1. The van der Waals surface area contributed by atoms with E-state index in [1.54, 1.807) is 0 Å². The van der Waals surface area contributed by atoms with Gasteiger partial charge in [-0.05, 0) is 56.4 Å². The molecular formula is C15H21N3O2Ru. The number of carbonyl (C=O) groups is 1. The molecule has 0 amide bonds. The molecule has 6 radical (unpaired) electrons. The maximum atomic E-state index is 9.98. The van der Waals surface area contributed by atoms with Crippen molar-refractivity contribution in [1.29, 1.82) is 0 Å². The summed E-state index contributed by atoms with van der Waals surface area (Å²) in [6, 6.07) is 0. The minimum Gasteiger partial charge on any atom is -0.876 e. The third kappa shape index (κ3) is 19.1. The maximum absolute atomic E-state index is 9.98. The molecule has 6 heteroatoms. The van der Waals surface area contributed by atoms with Crippen LogP contribution >= 0.6 is 0 Å². The van der Waals surface area contributed by atoms with Crippen molar-refractivity contribution in [3.63, 3.8) is 0 Å². The fourth-order valence-corrected chi connectivity index (χ4v) is 1.24. The van der Waals surface area contributed by atoms with Gasteiger partial charge in [0.1, 0.15) is 0 Å². The molecule has 1 rings (SSSR count). The van der Waals surface area contributed by atoms with Crippen LogP contribution in [0.4, 0.5) is 0 Å². The molecule has 0 aromatic heterocycles. The summed E-state index contributed by atoms with van der Waals surface area (Å²) in [7, 11) is 0. The molecule has 0 atom stereocenters. The van der Waals surface area contributed by atoms with Crippen LogP contribution in [0.3, 0.4) is 0 Å². The van der Waals surface area contributed by atoms with Gasteiger partial charge in [0, 0.05) is 0 Å². The SMILES string of the molecule is CC(=O)/C=C(/C)[O-].C[C]1[CH][CH][C](C(C)C)[CH][CH]1.[N-]=[N+]=[N-].[Ru+2]. The van der Waals surface area contributed by atoms with E-state index < -0.39 is 0 Å². The molecule has 0 saturated heterocycles. The molecule has 5 nitrogen and oxygen atoms in total. The van der Waals surface area contributed by atoms with Crippen molar-refractivity contribution in [2.45, 2.75) is 34.6 Å². The van der Waals surface area contributed by atoms with Crippen LogP contribution in [0.15, 0.2) is 11.8 Å². The summed E-state index contributed by atoms with van der Waals surface area (Å²) in [5.74, 6) is 3.04. The zero-order valence-electron chi connectivity index (χ0n) is 13.0. The van der Waals surface area contributed by atoms with Crippen LogP contribution in [-0.2, 0) is 24.3 Å². The molecule has 21 heavy (non-hydrogen) atoms. The molecule has 0 aliphatic heterocycles. The molecule has 0 aromatic rings. The van der Waals surface area contributed by atoms with E-state index in [0.29, 0.717) is 5.92 Å². The summed E-state index contributed by atoms with van der Waals surface area (Å²) in [6.45, 7) is 9.24. The second-order valence-corrected chi connectivity index (χ2v) is 4.52. The number of rotatable bonds is 2. The minimum atomic E-state index is -0.187. The summed E-state index contributed by atoms with van der Waals surface area (Å²) in [6.07, 6.45) is 9.77. The third-order valence-electron chi connectivity index (χ3n) is 2.15. The van der Waals surface area contributed by atoms with E-state index >= 15 is 0 Å². The fourth-order valence-electron chi connectivity index (χ4n) is 1.24. The number of hydrogen-bond acceptors (Lipinski definition) is 2. The van der Waals surface area contributed by atoms with E-state index in [9.17, 15) is 9.90 Å². The Labute approximate surface area is 141 Å². The first-order valence-electron chi connectivity index (χ1n) is 6.15. The maximum Gasteiger partial charge on any atom is 2.00 e. The monoisotopic (exact) mass is 377 g/mol. The average molecular weight is 376 g/mol. The van der Waals surface area contributed by atoms with Crippen LogP contribution in [0.5, 0.6) is 0 Å². The van der Waals surface area contributed by atoms with E-state index in [1.807, 2.05) is 0 Å². The van der Waals surface area contributed by atoms with Crippen molar-refractivity contribution in [3.8, 4) is 0 Å². The Bertz CT molecular complexity index is 326. The van der Waals surface area contributed by atoms with Gasteiger partial charge in [0.15, 0.2) is 5.78 Å². The standard InChI is InChI=1S/C10H14.C5H8O2.N3.Ru/c1-8(2)10-6-4-9(3)5-7-10;1-4(6)3-5(2)7;1-3-2;/h4-8H,1-3H3;3,6H,1-2H3;;/q;;-1;+2/p-1/b;4-3-;;. The van der Waals surface area contributed by atoms with Gasteiger partial charge in [-0.25, -0.2) is 0 Å². The number of ketones is 1. The molecule has 0 heterocycles. The molecule has 1 aliphatic carbocycles. The number of allylic oxidation sites excluding steroid dienone is 2. The topological polar surface area (TPSA) is 98.8 Å². The molecule has 0 bridgehead atoms. The second kappa shape index (κ2) is 15.5. The quantitative estimate of drug-likeness (QED) is 0.184. The van der Waals surface area contributed by atoms with E-state index in [-0.39, 0.29) is 31.0 Å². The first-order valence-corrected chi connectivity index (χ1v) is 6.15. The van der Waals surface area contributed by atoms with Crippen LogP contribution in [0.25, 0.3) is 16.0 Å². The molecule has 0 spiro atoms. The first-order chi connectivity index (χ1) is 9.24. The van der Waals surface area contributed by atoms with Crippen LogP contribution < -0.4 is 5.11 Å². The Balaban J connectivity index is -0.000000261. The molecular weight excluding hydrogens is 355 g/mol. The van der Waals surface area contributed by atoms with E-state index in [4.69, 9.17) is 11.1 Å². The van der Waals surface area contributed by atoms with E-state index in [2.05, 4.69) is 46.5 Å². The van der Waals surface area contributed by atoms with Crippen LogP contribution in [-0.4, -0.2) is 5.78 Å². The van der Waals surface area contributed by atoms with Crippen molar-refractivity contribution in [3.05, 3.63) is 65.3 Å². The van der Waals surface area contributed by atoms with Gasteiger partial charge >= 0.3 is 19.5 Å². The number of carbonyl (C=O) groups excluding carboxylic acids is 1. The Kier molecular flexibility index (Phi) is 18.6. The van der Waals surface area contributed by atoms with Gasteiger partial charge in [0.25, 0.3) is 0 Å². The average Bonchev–Trinajstić information content (AvgIpc) is 2.29. The van der Waals surface area contributed by atoms with Gasteiger partial charge in [0.2, 0.25) is 0 Å². The van der Waals surface area contributed by atoms with Crippen LogP contribution in [0.1, 0.15) is 34.6 Å². The number of hydrogen-bond donors (Lipinski definition) is 0. The van der Waals surface area contributed by atoms with Crippen molar-refractivity contribution >= 4 is 5.78 Å². The molecule has 0 N–H and O–H groups in total. The summed E-state index contributed by atoms with van der Waals surface area (Å²) >= 11 is 0. The molecule has 0 unspecified atom stereocenters. The Hall–Kier alpha value is -0.857. The first kappa shape index (κ1) is 25.1. The summed E-state index contributed by atoms with van der Waals surface area (Å²) in [5.41, 5.74) is 13.5. The Morgan fingerprint density at radius 3 is 1.76 bits per heavy atom. The summed E-state index contributed by atoms with van der Waals surface area (Å²) in [5, 5.41) is 9.98. The van der Waals surface area contributed by atoms with Gasteiger partial charge in [-0.15, -0.1) is 5.76 Å². The predicted octanol–water partition coefficient (Wildman–Crippen LogP) is 3.35. The normalized spacial score (nSPS) is 15.6. The largest absolute Gasteiger partial charge is 2.00 e.